The van der Waals surface area contributed by atoms with E-state index in [1.54, 1.807) is 11.3 Å². The van der Waals surface area contributed by atoms with Gasteiger partial charge in [0, 0.05) is 30.5 Å². The molecule has 168 valence electrons. The van der Waals surface area contributed by atoms with Gasteiger partial charge in [-0.3, -0.25) is 4.90 Å². The molecule has 0 amide bonds. The molecule has 33 heavy (non-hydrogen) atoms. The summed E-state index contributed by atoms with van der Waals surface area (Å²) in [7, 11) is 0. The summed E-state index contributed by atoms with van der Waals surface area (Å²) in [6, 6.07) is 18.4. The fourth-order valence-electron chi connectivity index (χ4n) is 4.85. The molecule has 1 aliphatic carbocycles. The Morgan fingerprint density at radius 3 is 2.67 bits per heavy atom. The van der Waals surface area contributed by atoms with Crippen molar-refractivity contribution in [1.29, 1.82) is 0 Å². The average Bonchev–Trinajstić information content (AvgIpc) is 3.41. The SMILES string of the molecule is O[C@H]1Cc2ccccc2[C@H]1Nc1nc(CN2CCOCC2)nc2scc(-c3ccccc3)c12. The Bertz CT molecular complexity index is 1270. The molecule has 2 N–H and O–H groups in total. The Morgan fingerprint density at radius 1 is 1.03 bits per heavy atom. The van der Waals surface area contributed by atoms with Crippen LogP contribution in [-0.2, 0) is 17.7 Å². The summed E-state index contributed by atoms with van der Waals surface area (Å²) in [4.78, 5) is 13.3. The molecule has 0 radical (unpaired) electrons. The minimum absolute atomic E-state index is 0.195. The maximum atomic E-state index is 10.9. The first-order valence-electron chi connectivity index (χ1n) is 11.4. The third kappa shape index (κ3) is 4.02. The number of thiophene rings is 1. The summed E-state index contributed by atoms with van der Waals surface area (Å²) in [5.74, 6) is 1.60. The fraction of sp³-hybridized carbons (Fsp3) is 0.308. The van der Waals surface area contributed by atoms with Crippen LogP contribution in [-0.4, -0.2) is 52.4 Å². The molecule has 1 fully saturated rings. The van der Waals surface area contributed by atoms with E-state index in [-0.39, 0.29) is 6.04 Å². The van der Waals surface area contributed by atoms with E-state index in [1.165, 1.54) is 5.56 Å². The van der Waals surface area contributed by atoms with E-state index in [9.17, 15) is 5.11 Å². The van der Waals surface area contributed by atoms with E-state index < -0.39 is 6.10 Å². The zero-order valence-electron chi connectivity index (χ0n) is 18.3. The lowest BCUT2D eigenvalue weighted by molar-refractivity contribution is 0.0331. The van der Waals surface area contributed by atoms with Crippen molar-refractivity contribution in [2.75, 3.05) is 31.6 Å². The Morgan fingerprint density at radius 2 is 1.82 bits per heavy atom. The van der Waals surface area contributed by atoms with Gasteiger partial charge in [-0.25, -0.2) is 9.97 Å². The van der Waals surface area contributed by atoms with Gasteiger partial charge in [-0.05, 0) is 16.7 Å². The van der Waals surface area contributed by atoms with E-state index in [2.05, 4.69) is 52.0 Å². The van der Waals surface area contributed by atoms with Crippen LogP contribution in [0.2, 0.25) is 0 Å². The number of nitrogens with one attached hydrogen (secondary N) is 1. The predicted molar refractivity (Wildman–Crippen MR) is 131 cm³/mol. The van der Waals surface area contributed by atoms with Crippen molar-refractivity contribution in [2.24, 2.45) is 0 Å². The number of aliphatic hydroxyl groups is 1. The number of aliphatic hydroxyl groups excluding tert-OH is 1. The summed E-state index contributed by atoms with van der Waals surface area (Å²) in [5.41, 5.74) is 4.60. The van der Waals surface area contributed by atoms with Crippen molar-refractivity contribution in [3.05, 3.63) is 76.9 Å². The van der Waals surface area contributed by atoms with E-state index in [0.717, 1.165) is 64.9 Å². The lowest BCUT2D eigenvalue weighted by Gasteiger charge is -2.26. The Kier molecular flexibility index (Phi) is 5.55. The molecule has 3 heterocycles. The number of rotatable bonds is 5. The fourth-order valence-corrected chi connectivity index (χ4v) is 5.81. The summed E-state index contributed by atoms with van der Waals surface area (Å²) in [6.07, 6.45) is 0.159. The second-order valence-corrected chi connectivity index (χ2v) is 9.52. The monoisotopic (exact) mass is 458 g/mol. The van der Waals surface area contributed by atoms with Gasteiger partial charge in [0.25, 0.3) is 0 Å². The van der Waals surface area contributed by atoms with Crippen molar-refractivity contribution < 1.29 is 9.84 Å². The minimum Gasteiger partial charge on any atom is -0.390 e. The van der Waals surface area contributed by atoms with Gasteiger partial charge in [0.05, 0.1) is 37.3 Å². The molecule has 2 aromatic carbocycles. The molecule has 6 rings (SSSR count). The lowest BCUT2D eigenvalue weighted by Crippen LogP contribution is -2.36. The summed E-state index contributed by atoms with van der Waals surface area (Å²) >= 11 is 1.65. The van der Waals surface area contributed by atoms with Gasteiger partial charge in [0.15, 0.2) is 0 Å². The molecule has 2 atom stereocenters. The van der Waals surface area contributed by atoms with Gasteiger partial charge in [-0.15, -0.1) is 11.3 Å². The van der Waals surface area contributed by atoms with Gasteiger partial charge in [-0.1, -0.05) is 54.6 Å². The highest BCUT2D eigenvalue weighted by atomic mass is 32.1. The van der Waals surface area contributed by atoms with E-state index in [1.807, 2.05) is 18.2 Å². The van der Waals surface area contributed by atoms with Gasteiger partial charge in [0.2, 0.25) is 0 Å². The number of benzene rings is 2. The first-order chi connectivity index (χ1) is 16.3. The molecule has 4 aromatic rings. The van der Waals surface area contributed by atoms with Gasteiger partial charge < -0.3 is 15.2 Å². The number of nitrogens with zero attached hydrogens (tertiary/aromatic N) is 3. The molecule has 0 bridgehead atoms. The Balaban J connectivity index is 1.43. The normalized spacial score (nSPS) is 20.8. The van der Waals surface area contributed by atoms with Crippen LogP contribution >= 0.6 is 11.3 Å². The molecule has 2 aliphatic rings. The summed E-state index contributed by atoms with van der Waals surface area (Å²) < 4.78 is 5.50. The number of fused-ring (bicyclic) bond motifs is 2. The summed E-state index contributed by atoms with van der Waals surface area (Å²) in [5, 5.41) is 17.7. The highest BCUT2D eigenvalue weighted by Crippen LogP contribution is 2.40. The maximum Gasteiger partial charge on any atom is 0.146 e. The number of aromatic nitrogens is 2. The van der Waals surface area contributed by atoms with Crippen LogP contribution in [0.15, 0.2) is 60.0 Å². The van der Waals surface area contributed by atoms with Crippen molar-refractivity contribution >= 4 is 27.4 Å². The van der Waals surface area contributed by atoms with E-state index >= 15 is 0 Å². The smallest absolute Gasteiger partial charge is 0.146 e. The highest BCUT2D eigenvalue weighted by Gasteiger charge is 2.32. The van der Waals surface area contributed by atoms with Crippen LogP contribution in [0.1, 0.15) is 23.0 Å². The van der Waals surface area contributed by atoms with Gasteiger partial charge in [-0.2, -0.15) is 0 Å². The maximum absolute atomic E-state index is 10.9. The molecule has 2 aromatic heterocycles. The van der Waals surface area contributed by atoms with Crippen LogP contribution in [0.4, 0.5) is 5.82 Å². The zero-order chi connectivity index (χ0) is 22.2. The first kappa shape index (κ1) is 20.7. The van der Waals surface area contributed by atoms with Gasteiger partial charge >= 0.3 is 0 Å². The van der Waals surface area contributed by atoms with Crippen molar-refractivity contribution in [3.63, 3.8) is 0 Å². The van der Waals surface area contributed by atoms with Crippen LogP contribution in [0, 0.1) is 0 Å². The molecular formula is C26H26N4O2S. The van der Waals surface area contributed by atoms with Crippen LogP contribution in [0.3, 0.4) is 0 Å². The molecule has 7 heteroatoms. The number of ether oxygens (including phenoxy) is 1. The predicted octanol–water partition coefficient (Wildman–Crippen LogP) is 4.26. The van der Waals surface area contributed by atoms with Crippen LogP contribution in [0.25, 0.3) is 21.3 Å². The molecular weight excluding hydrogens is 432 g/mol. The minimum atomic E-state index is -0.492. The molecule has 0 spiro atoms. The number of morpholine rings is 1. The molecule has 6 nitrogen and oxygen atoms in total. The highest BCUT2D eigenvalue weighted by molar-refractivity contribution is 7.17. The van der Waals surface area contributed by atoms with Crippen LogP contribution in [0.5, 0.6) is 0 Å². The van der Waals surface area contributed by atoms with Crippen molar-refractivity contribution in [2.45, 2.75) is 25.1 Å². The summed E-state index contributed by atoms with van der Waals surface area (Å²) in [6.45, 7) is 3.96. The third-order valence-corrected chi connectivity index (χ3v) is 7.40. The molecule has 1 aliphatic heterocycles. The standard InChI is InChI=1S/C26H26N4O2S/c31-21-14-18-8-4-5-9-19(18)24(21)29-25-23-20(17-6-2-1-3-7-17)16-33-26(23)28-22(27-25)15-30-10-12-32-13-11-30/h1-9,16,21,24,31H,10-15H2,(H,27,28,29)/t21-,24+/m0/s1. The second-order valence-electron chi connectivity index (χ2n) is 8.66. The third-order valence-electron chi connectivity index (χ3n) is 6.53. The van der Waals surface area contributed by atoms with Crippen molar-refractivity contribution in [1.82, 2.24) is 14.9 Å². The van der Waals surface area contributed by atoms with Crippen LogP contribution < -0.4 is 5.32 Å². The van der Waals surface area contributed by atoms with E-state index in [0.29, 0.717) is 13.0 Å². The molecule has 0 saturated carbocycles. The molecule has 1 saturated heterocycles. The van der Waals surface area contributed by atoms with E-state index in [4.69, 9.17) is 14.7 Å². The average molecular weight is 459 g/mol. The number of hydrogen-bond donors (Lipinski definition) is 2. The quantitative estimate of drug-likeness (QED) is 0.466. The topological polar surface area (TPSA) is 70.5 Å². The molecule has 0 unspecified atom stereocenters. The Hall–Kier alpha value is -2.84. The Labute approximate surface area is 196 Å². The number of hydrogen-bond acceptors (Lipinski definition) is 7. The second kappa shape index (κ2) is 8.83. The lowest BCUT2D eigenvalue weighted by atomic mass is 10.0. The van der Waals surface area contributed by atoms with Gasteiger partial charge in [0.1, 0.15) is 16.5 Å². The first-order valence-corrected chi connectivity index (χ1v) is 12.3. The number of anilines is 1. The largest absolute Gasteiger partial charge is 0.390 e. The van der Waals surface area contributed by atoms with Crippen molar-refractivity contribution in [3.8, 4) is 11.1 Å². The zero-order valence-corrected chi connectivity index (χ0v) is 19.1.